The van der Waals surface area contributed by atoms with E-state index in [1.807, 2.05) is 20.8 Å². The fraction of sp³-hybridized carbons (Fsp3) is 0.462. The molecular weight excluding hydrogens is 218 g/mol. The zero-order valence-electron chi connectivity index (χ0n) is 10.5. The van der Waals surface area contributed by atoms with Crippen molar-refractivity contribution in [2.24, 2.45) is 0 Å². The Morgan fingerprint density at radius 1 is 1.41 bits per heavy atom. The molecule has 0 spiro atoms. The van der Waals surface area contributed by atoms with Crippen molar-refractivity contribution in [2.45, 2.75) is 33.3 Å². The third-order valence-corrected chi connectivity index (χ3v) is 2.41. The van der Waals surface area contributed by atoms with Gasteiger partial charge in [0.2, 0.25) is 0 Å². The summed E-state index contributed by atoms with van der Waals surface area (Å²) in [4.78, 5) is 11.9. The summed E-state index contributed by atoms with van der Waals surface area (Å²) in [5.41, 5.74) is 6.56. The maximum absolute atomic E-state index is 11.9. The largest absolute Gasteiger partial charge is 0.493 e. The van der Waals surface area contributed by atoms with Gasteiger partial charge in [0, 0.05) is 5.69 Å². The lowest BCUT2D eigenvalue weighted by molar-refractivity contribution is 0.0330. The van der Waals surface area contributed by atoms with Gasteiger partial charge in [-0.05, 0) is 38.5 Å². The number of carbonyl (C=O) groups is 1. The maximum atomic E-state index is 11.9. The number of benzene rings is 1. The molecule has 0 aliphatic rings. The summed E-state index contributed by atoms with van der Waals surface area (Å²) in [6.07, 6.45) is 0.663. The Morgan fingerprint density at radius 2 is 2.12 bits per heavy atom. The Hall–Kier alpha value is -1.71. The highest BCUT2D eigenvalue weighted by Crippen LogP contribution is 2.23. The van der Waals surface area contributed by atoms with E-state index in [2.05, 4.69) is 0 Å². The van der Waals surface area contributed by atoms with Crippen LogP contribution in [0.1, 0.15) is 37.6 Å². The van der Waals surface area contributed by atoms with E-state index in [4.69, 9.17) is 15.2 Å². The summed E-state index contributed by atoms with van der Waals surface area (Å²) in [5, 5.41) is 0. The van der Waals surface area contributed by atoms with E-state index in [0.29, 0.717) is 23.6 Å². The number of carbonyl (C=O) groups excluding carboxylic acids is 1. The van der Waals surface area contributed by atoms with Gasteiger partial charge in [-0.1, -0.05) is 6.92 Å². The second-order valence-corrected chi connectivity index (χ2v) is 3.81. The van der Waals surface area contributed by atoms with Gasteiger partial charge in [0.15, 0.2) is 0 Å². The first kappa shape index (κ1) is 13.4. The molecule has 0 fully saturated rings. The molecule has 0 saturated heterocycles. The average molecular weight is 237 g/mol. The fourth-order valence-electron chi connectivity index (χ4n) is 1.32. The van der Waals surface area contributed by atoms with Crippen LogP contribution >= 0.6 is 0 Å². The topological polar surface area (TPSA) is 61.5 Å². The van der Waals surface area contributed by atoms with Crippen molar-refractivity contribution in [3.05, 3.63) is 23.8 Å². The zero-order chi connectivity index (χ0) is 12.8. The molecule has 2 N–H and O–H groups in total. The summed E-state index contributed by atoms with van der Waals surface area (Å²) in [6.45, 7) is 6.17. The first-order chi connectivity index (χ1) is 8.08. The molecule has 0 amide bonds. The highest BCUT2D eigenvalue weighted by molar-refractivity contribution is 5.93. The van der Waals surface area contributed by atoms with Gasteiger partial charge in [0.05, 0.1) is 12.7 Å². The fourth-order valence-corrected chi connectivity index (χ4v) is 1.32. The van der Waals surface area contributed by atoms with Gasteiger partial charge in [0.25, 0.3) is 0 Å². The number of rotatable bonds is 5. The number of hydrogen-bond acceptors (Lipinski definition) is 4. The SMILES string of the molecule is CCOc1ccc(N)cc1C(=O)O[C@@H](C)CC. The molecule has 4 heteroatoms. The minimum Gasteiger partial charge on any atom is -0.493 e. The molecule has 0 aliphatic heterocycles. The summed E-state index contributed by atoms with van der Waals surface area (Å²) in [5.74, 6) is 0.116. The van der Waals surface area contributed by atoms with Gasteiger partial charge in [-0.15, -0.1) is 0 Å². The lowest BCUT2D eigenvalue weighted by Crippen LogP contribution is -2.15. The van der Waals surface area contributed by atoms with Crippen LogP contribution in [0.4, 0.5) is 5.69 Å². The molecule has 0 heterocycles. The Morgan fingerprint density at radius 3 is 2.71 bits per heavy atom. The number of anilines is 1. The first-order valence-electron chi connectivity index (χ1n) is 5.81. The van der Waals surface area contributed by atoms with E-state index in [0.717, 1.165) is 6.42 Å². The van der Waals surface area contributed by atoms with Crippen LogP contribution in [-0.2, 0) is 4.74 Å². The minimum atomic E-state index is -0.393. The smallest absolute Gasteiger partial charge is 0.342 e. The second-order valence-electron chi connectivity index (χ2n) is 3.81. The number of nitrogen functional groups attached to an aromatic ring is 1. The van der Waals surface area contributed by atoms with Gasteiger partial charge in [0.1, 0.15) is 11.3 Å². The third kappa shape index (κ3) is 3.66. The molecule has 94 valence electrons. The van der Waals surface area contributed by atoms with E-state index in [-0.39, 0.29) is 6.10 Å². The van der Waals surface area contributed by atoms with Crippen molar-refractivity contribution in [3.63, 3.8) is 0 Å². The van der Waals surface area contributed by atoms with Crippen LogP contribution in [0, 0.1) is 0 Å². The standard InChI is InChI=1S/C13H19NO3/c1-4-9(3)17-13(15)11-8-10(14)6-7-12(11)16-5-2/h6-9H,4-5,14H2,1-3H3/t9-/m0/s1. The maximum Gasteiger partial charge on any atom is 0.342 e. The summed E-state index contributed by atoms with van der Waals surface area (Å²) >= 11 is 0. The average Bonchev–Trinajstić information content (AvgIpc) is 2.31. The number of hydrogen-bond donors (Lipinski definition) is 1. The zero-order valence-corrected chi connectivity index (χ0v) is 10.5. The number of esters is 1. The van der Waals surface area contributed by atoms with Gasteiger partial charge in [-0.3, -0.25) is 0 Å². The van der Waals surface area contributed by atoms with Crippen molar-refractivity contribution in [1.29, 1.82) is 0 Å². The van der Waals surface area contributed by atoms with Crippen LogP contribution in [0.3, 0.4) is 0 Å². The van der Waals surface area contributed by atoms with Crippen LogP contribution in [0.5, 0.6) is 5.75 Å². The number of ether oxygens (including phenoxy) is 2. The molecule has 1 rings (SSSR count). The Labute approximate surface area is 102 Å². The quantitative estimate of drug-likeness (QED) is 0.631. The predicted octanol–water partition coefficient (Wildman–Crippen LogP) is 2.62. The van der Waals surface area contributed by atoms with Crippen molar-refractivity contribution in [2.75, 3.05) is 12.3 Å². The highest BCUT2D eigenvalue weighted by Gasteiger charge is 2.16. The van der Waals surface area contributed by atoms with Crippen LogP contribution in [0.15, 0.2) is 18.2 Å². The van der Waals surface area contributed by atoms with Gasteiger partial charge in [-0.25, -0.2) is 4.79 Å². The van der Waals surface area contributed by atoms with Crippen LogP contribution in [0.2, 0.25) is 0 Å². The minimum absolute atomic E-state index is 0.113. The molecular formula is C13H19NO3. The monoisotopic (exact) mass is 237 g/mol. The van der Waals surface area contributed by atoms with Crippen molar-refractivity contribution in [1.82, 2.24) is 0 Å². The molecule has 0 radical (unpaired) electrons. The summed E-state index contributed by atoms with van der Waals surface area (Å²) in [7, 11) is 0. The lowest BCUT2D eigenvalue weighted by atomic mass is 10.1. The van der Waals surface area contributed by atoms with E-state index < -0.39 is 5.97 Å². The summed E-state index contributed by atoms with van der Waals surface area (Å²) < 4.78 is 10.6. The van der Waals surface area contributed by atoms with Crippen LogP contribution in [0.25, 0.3) is 0 Å². The molecule has 17 heavy (non-hydrogen) atoms. The molecule has 4 nitrogen and oxygen atoms in total. The van der Waals surface area contributed by atoms with E-state index in [9.17, 15) is 4.79 Å². The molecule has 0 saturated carbocycles. The van der Waals surface area contributed by atoms with Gasteiger partial charge in [-0.2, -0.15) is 0 Å². The third-order valence-electron chi connectivity index (χ3n) is 2.41. The van der Waals surface area contributed by atoms with E-state index in [1.165, 1.54) is 0 Å². The Kier molecular flexibility index (Phi) is 4.82. The molecule has 0 unspecified atom stereocenters. The first-order valence-corrected chi connectivity index (χ1v) is 5.81. The molecule has 0 bridgehead atoms. The predicted molar refractivity (Wildman–Crippen MR) is 67.2 cm³/mol. The molecule has 1 aromatic rings. The van der Waals surface area contributed by atoms with E-state index in [1.54, 1.807) is 18.2 Å². The second kappa shape index (κ2) is 6.13. The van der Waals surface area contributed by atoms with Gasteiger partial charge < -0.3 is 15.2 Å². The van der Waals surface area contributed by atoms with Crippen molar-refractivity contribution >= 4 is 11.7 Å². The van der Waals surface area contributed by atoms with Crippen LogP contribution in [-0.4, -0.2) is 18.7 Å². The van der Waals surface area contributed by atoms with Gasteiger partial charge >= 0.3 is 5.97 Å². The number of nitrogens with two attached hydrogens (primary N) is 1. The van der Waals surface area contributed by atoms with Crippen molar-refractivity contribution in [3.8, 4) is 5.75 Å². The molecule has 0 aliphatic carbocycles. The highest BCUT2D eigenvalue weighted by atomic mass is 16.5. The molecule has 1 atom stereocenters. The van der Waals surface area contributed by atoms with E-state index >= 15 is 0 Å². The summed E-state index contributed by atoms with van der Waals surface area (Å²) in [6, 6.07) is 4.97. The molecule has 0 aromatic heterocycles. The van der Waals surface area contributed by atoms with Crippen LogP contribution < -0.4 is 10.5 Å². The Bertz CT molecular complexity index is 390. The lowest BCUT2D eigenvalue weighted by Gasteiger charge is -2.14. The molecule has 1 aromatic carbocycles. The Balaban J connectivity index is 2.93. The normalized spacial score (nSPS) is 11.9. The van der Waals surface area contributed by atoms with Crippen molar-refractivity contribution < 1.29 is 14.3 Å².